The fourth-order valence-corrected chi connectivity index (χ4v) is 2.17. The average Bonchev–Trinajstić information content (AvgIpc) is 2.91. The van der Waals surface area contributed by atoms with Gasteiger partial charge in [0.25, 0.3) is 0 Å². The monoisotopic (exact) mass is 298 g/mol. The van der Waals surface area contributed by atoms with Crippen molar-refractivity contribution in [1.82, 2.24) is 14.6 Å². The van der Waals surface area contributed by atoms with Crippen molar-refractivity contribution in [1.29, 1.82) is 0 Å². The predicted molar refractivity (Wildman–Crippen MR) is 86.3 cm³/mol. The molecule has 3 aromatic rings. The summed E-state index contributed by atoms with van der Waals surface area (Å²) in [6, 6.07) is 10.5. The molecule has 0 amide bonds. The summed E-state index contributed by atoms with van der Waals surface area (Å²) in [6.07, 6.45) is 1.76. The van der Waals surface area contributed by atoms with Crippen LogP contribution in [0, 0.1) is 11.7 Å². The number of imidazole rings is 1. The highest BCUT2D eigenvalue weighted by atomic mass is 19.1. The van der Waals surface area contributed by atoms with E-state index in [1.807, 2.05) is 12.1 Å². The van der Waals surface area contributed by atoms with Gasteiger partial charge < -0.3 is 5.32 Å². The second kappa shape index (κ2) is 5.75. The van der Waals surface area contributed by atoms with Crippen LogP contribution in [0.4, 0.5) is 10.2 Å². The number of hydrogen-bond donors (Lipinski definition) is 1. The van der Waals surface area contributed by atoms with Gasteiger partial charge in [-0.05, 0) is 49.2 Å². The number of nitrogens with one attached hydrogen (secondary N) is 1. The van der Waals surface area contributed by atoms with E-state index < -0.39 is 0 Å². The van der Waals surface area contributed by atoms with Gasteiger partial charge in [-0.25, -0.2) is 13.9 Å². The first-order chi connectivity index (χ1) is 10.5. The van der Waals surface area contributed by atoms with Crippen molar-refractivity contribution < 1.29 is 4.39 Å². The molecule has 0 aliphatic heterocycles. The summed E-state index contributed by atoms with van der Waals surface area (Å²) in [4.78, 5) is 4.35. The molecule has 3 rings (SSSR count). The van der Waals surface area contributed by atoms with Crippen molar-refractivity contribution in [2.75, 3.05) is 5.32 Å². The number of fused-ring (bicyclic) bond motifs is 1. The van der Waals surface area contributed by atoms with Crippen LogP contribution in [0.5, 0.6) is 0 Å². The molecule has 1 N–H and O–H groups in total. The van der Waals surface area contributed by atoms with E-state index in [9.17, 15) is 4.39 Å². The minimum absolute atomic E-state index is 0.251. The summed E-state index contributed by atoms with van der Waals surface area (Å²) >= 11 is 0. The van der Waals surface area contributed by atoms with E-state index in [2.05, 4.69) is 36.2 Å². The van der Waals surface area contributed by atoms with Crippen molar-refractivity contribution in [2.45, 2.75) is 26.8 Å². The fraction of sp³-hybridized carbons (Fsp3) is 0.294. The predicted octanol–water partition coefficient (Wildman–Crippen LogP) is 3.99. The number of halogens is 1. The number of rotatable bonds is 4. The molecule has 0 spiro atoms. The molecule has 114 valence electrons. The third-order valence-electron chi connectivity index (χ3n) is 3.88. The average molecular weight is 298 g/mol. The van der Waals surface area contributed by atoms with Crippen molar-refractivity contribution >= 4 is 11.5 Å². The topological polar surface area (TPSA) is 42.2 Å². The Morgan fingerprint density at radius 2 is 1.77 bits per heavy atom. The van der Waals surface area contributed by atoms with Crippen LogP contribution in [0.25, 0.3) is 16.9 Å². The van der Waals surface area contributed by atoms with Crippen molar-refractivity contribution in [2.24, 2.45) is 5.92 Å². The Balaban J connectivity index is 2.00. The Kier molecular flexibility index (Phi) is 3.79. The Morgan fingerprint density at radius 3 is 2.45 bits per heavy atom. The molecule has 2 aromatic heterocycles. The SMILES string of the molecule is CC(C)[C@H](C)Nc1ccc2ncc(-c3ccc(F)cc3)n2n1. The third-order valence-corrected chi connectivity index (χ3v) is 3.88. The van der Waals surface area contributed by atoms with Crippen LogP contribution < -0.4 is 5.32 Å². The molecule has 1 atom stereocenters. The molecule has 4 nitrogen and oxygen atoms in total. The number of anilines is 1. The number of aromatic nitrogens is 3. The lowest BCUT2D eigenvalue weighted by Crippen LogP contribution is -2.22. The van der Waals surface area contributed by atoms with Crippen LogP contribution in [0.3, 0.4) is 0 Å². The molecule has 0 radical (unpaired) electrons. The summed E-state index contributed by atoms with van der Waals surface area (Å²) in [5, 5.41) is 8.00. The zero-order chi connectivity index (χ0) is 15.7. The second-order valence-electron chi connectivity index (χ2n) is 5.82. The van der Waals surface area contributed by atoms with Crippen molar-refractivity contribution in [3.63, 3.8) is 0 Å². The standard InChI is InChI=1S/C17H19FN4/c1-11(2)12(3)20-16-8-9-17-19-10-15(22(17)21-16)13-4-6-14(18)7-5-13/h4-12H,1-3H3,(H,20,21)/t12-/m0/s1. The van der Waals surface area contributed by atoms with Crippen molar-refractivity contribution in [3.8, 4) is 11.3 Å². The van der Waals surface area contributed by atoms with Gasteiger partial charge in [0.1, 0.15) is 11.6 Å². The lowest BCUT2D eigenvalue weighted by Gasteiger charge is -2.18. The van der Waals surface area contributed by atoms with Gasteiger partial charge in [-0.1, -0.05) is 13.8 Å². The molecule has 0 saturated heterocycles. The zero-order valence-corrected chi connectivity index (χ0v) is 12.9. The number of nitrogens with zero attached hydrogens (tertiary/aromatic N) is 3. The fourth-order valence-electron chi connectivity index (χ4n) is 2.17. The first-order valence-electron chi connectivity index (χ1n) is 7.42. The van der Waals surface area contributed by atoms with Crippen LogP contribution in [0.2, 0.25) is 0 Å². The molecule has 0 aliphatic rings. The minimum atomic E-state index is -0.251. The molecule has 5 heteroatoms. The van der Waals surface area contributed by atoms with Crippen LogP contribution in [0.1, 0.15) is 20.8 Å². The maximum absolute atomic E-state index is 13.1. The van der Waals surface area contributed by atoms with Crippen LogP contribution in [-0.4, -0.2) is 20.6 Å². The maximum Gasteiger partial charge on any atom is 0.154 e. The van der Waals surface area contributed by atoms with Gasteiger partial charge in [0.05, 0.1) is 11.9 Å². The molecule has 0 bridgehead atoms. The van der Waals surface area contributed by atoms with E-state index in [4.69, 9.17) is 0 Å². The normalized spacial score (nSPS) is 12.8. The van der Waals surface area contributed by atoms with E-state index in [1.165, 1.54) is 12.1 Å². The van der Waals surface area contributed by atoms with Gasteiger partial charge >= 0.3 is 0 Å². The summed E-state index contributed by atoms with van der Waals surface area (Å²) in [7, 11) is 0. The first kappa shape index (κ1) is 14.5. The van der Waals surface area contributed by atoms with Gasteiger partial charge in [-0.2, -0.15) is 0 Å². The Labute approximate surface area is 129 Å². The molecule has 0 saturated carbocycles. The van der Waals surface area contributed by atoms with Gasteiger partial charge in [-0.3, -0.25) is 0 Å². The molecule has 1 aromatic carbocycles. The van der Waals surface area contributed by atoms with Gasteiger partial charge in [0.2, 0.25) is 0 Å². The highest BCUT2D eigenvalue weighted by molar-refractivity contribution is 5.63. The van der Waals surface area contributed by atoms with E-state index in [0.717, 1.165) is 22.7 Å². The Hall–Kier alpha value is -2.43. The minimum Gasteiger partial charge on any atom is -0.366 e. The van der Waals surface area contributed by atoms with E-state index in [1.54, 1.807) is 22.8 Å². The molecule has 2 heterocycles. The highest BCUT2D eigenvalue weighted by Crippen LogP contribution is 2.21. The molecular weight excluding hydrogens is 279 g/mol. The zero-order valence-electron chi connectivity index (χ0n) is 12.9. The van der Waals surface area contributed by atoms with Crippen LogP contribution in [0.15, 0.2) is 42.6 Å². The third kappa shape index (κ3) is 2.79. The molecule has 0 fully saturated rings. The number of benzene rings is 1. The second-order valence-corrected chi connectivity index (χ2v) is 5.82. The van der Waals surface area contributed by atoms with E-state index in [-0.39, 0.29) is 5.82 Å². The summed E-state index contributed by atoms with van der Waals surface area (Å²) in [5.41, 5.74) is 2.49. The number of hydrogen-bond acceptors (Lipinski definition) is 3. The van der Waals surface area contributed by atoms with Crippen LogP contribution >= 0.6 is 0 Å². The largest absolute Gasteiger partial charge is 0.366 e. The van der Waals surface area contributed by atoms with E-state index in [0.29, 0.717) is 12.0 Å². The Bertz CT molecular complexity index is 777. The molecule has 0 aliphatic carbocycles. The van der Waals surface area contributed by atoms with Crippen molar-refractivity contribution in [3.05, 3.63) is 48.4 Å². The van der Waals surface area contributed by atoms with Gasteiger partial charge in [0.15, 0.2) is 5.65 Å². The van der Waals surface area contributed by atoms with Gasteiger partial charge in [-0.15, -0.1) is 5.10 Å². The smallest absolute Gasteiger partial charge is 0.154 e. The highest BCUT2D eigenvalue weighted by Gasteiger charge is 2.11. The molecule has 0 unspecified atom stereocenters. The maximum atomic E-state index is 13.1. The first-order valence-corrected chi connectivity index (χ1v) is 7.42. The lowest BCUT2D eigenvalue weighted by molar-refractivity contribution is 0.557. The van der Waals surface area contributed by atoms with Gasteiger partial charge in [0, 0.05) is 11.6 Å². The quantitative estimate of drug-likeness (QED) is 0.792. The summed E-state index contributed by atoms with van der Waals surface area (Å²) in [6.45, 7) is 6.46. The summed E-state index contributed by atoms with van der Waals surface area (Å²) in [5.74, 6) is 1.06. The summed E-state index contributed by atoms with van der Waals surface area (Å²) < 4.78 is 14.9. The van der Waals surface area contributed by atoms with Crippen LogP contribution in [-0.2, 0) is 0 Å². The molecular formula is C17H19FN4. The Morgan fingerprint density at radius 1 is 1.05 bits per heavy atom. The molecule has 22 heavy (non-hydrogen) atoms. The van der Waals surface area contributed by atoms with E-state index >= 15 is 0 Å². The lowest BCUT2D eigenvalue weighted by atomic mass is 10.1.